The SMILES string of the molecule is COc1cc2c(cc1OCCCCCOc1cc3c(cc1OC)C(=O)N1C=C(C)C[C@H]1[C@H](O)N3C(=O)OCc1ccccc1)N=C[C@@H]1CC(C)=CN1C2=O. The molecule has 7 rings (SSSR count). The van der Waals surface area contributed by atoms with E-state index in [-0.39, 0.29) is 35.7 Å². The van der Waals surface area contributed by atoms with E-state index < -0.39 is 18.4 Å². The Hall–Kier alpha value is -5.82. The number of unbranched alkanes of at least 4 members (excludes halogenated alkanes) is 2. The highest BCUT2D eigenvalue weighted by Gasteiger charge is 2.45. The molecule has 3 aromatic rings. The van der Waals surface area contributed by atoms with Gasteiger partial charge in [-0.1, -0.05) is 41.5 Å². The second kappa shape index (κ2) is 15.7. The van der Waals surface area contributed by atoms with Crippen molar-refractivity contribution in [2.45, 2.75) is 70.9 Å². The number of nitrogens with zero attached hydrogens (tertiary/aromatic N) is 4. The van der Waals surface area contributed by atoms with Gasteiger partial charge in [0.1, 0.15) is 6.61 Å². The first-order valence-electron chi connectivity index (χ1n) is 18.1. The quantitative estimate of drug-likeness (QED) is 0.200. The van der Waals surface area contributed by atoms with Crippen molar-refractivity contribution >= 4 is 35.5 Å². The number of anilines is 1. The van der Waals surface area contributed by atoms with Crippen molar-refractivity contribution in [1.82, 2.24) is 9.80 Å². The fourth-order valence-corrected chi connectivity index (χ4v) is 7.21. The van der Waals surface area contributed by atoms with Crippen LogP contribution in [0.4, 0.5) is 16.2 Å². The maximum Gasteiger partial charge on any atom is 0.416 e. The molecule has 4 aliphatic heterocycles. The molecule has 13 heteroatoms. The van der Waals surface area contributed by atoms with E-state index in [9.17, 15) is 19.5 Å². The van der Waals surface area contributed by atoms with Gasteiger partial charge in [0.05, 0.1) is 62.0 Å². The van der Waals surface area contributed by atoms with Gasteiger partial charge in [0, 0.05) is 30.7 Å². The first kappa shape index (κ1) is 36.5. The van der Waals surface area contributed by atoms with Gasteiger partial charge in [-0.3, -0.25) is 14.6 Å². The molecule has 4 aliphatic rings. The molecule has 0 aromatic heterocycles. The van der Waals surface area contributed by atoms with Crippen LogP contribution in [0.15, 0.2) is 83.1 Å². The Balaban J connectivity index is 1.00. The Labute approximate surface area is 314 Å². The molecule has 3 atom stereocenters. The van der Waals surface area contributed by atoms with Crippen LogP contribution in [0.25, 0.3) is 0 Å². The lowest BCUT2D eigenvalue weighted by molar-refractivity contribution is 0.0544. The summed E-state index contributed by atoms with van der Waals surface area (Å²) in [6.45, 7) is 4.58. The Morgan fingerprint density at radius 1 is 0.796 bits per heavy atom. The molecule has 0 aliphatic carbocycles. The molecule has 0 fully saturated rings. The molecule has 0 saturated carbocycles. The maximum atomic E-state index is 13.8. The average molecular weight is 737 g/mol. The van der Waals surface area contributed by atoms with Crippen molar-refractivity contribution in [3.63, 3.8) is 0 Å². The van der Waals surface area contributed by atoms with Crippen molar-refractivity contribution in [1.29, 1.82) is 0 Å². The summed E-state index contributed by atoms with van der Waals surface area (Å²) in [6, 6.07) is 15.0. The number of hydrogen-bond donors (Lipinski definition) is 1. The van der Waals surface area contributed by atoms with Crippen LogP contribution in [0.2, 0.25) is 0 Å². The number of methoxy groups -OCH3 is 2. The number of benzene rings is 3. The highest BCUT2D eigenvalue weighted by atomic mass is 16.6. The third-order valence-corrected chi connectivity index (χ3v) is 9.95. The second-order valence-electron chi connectivity index (χ2n) is 13.8. The van der Waals surface area contributed by atoms with Gasteiger partial charge in [0.25, 0.3) is 11.8 Å². The van der Waals surface area contributed by atoms with Gasteiger partial charge in [0.2, 0.25) is 0 Å². The summed E-state index contributed by atoms with van der Waals surface area (Å²) in [5, 5.41) is 11.6. The lowest BCUT2D eigenvalue weighted by Gasteiger charge is -2.31. The van der Waals surface area contributed by atoms with E-state index in [1.165, 1.54) is 12.0 Å². The number of fused-ring (bicyclic) bond motifs is 4. The maximum absolute atomic E-state index is 13.8. The number of carbonyl (C=O) groups excluding carboxylic acids is 3. The fourth-order valence-electron chi connectivity index (χ4n) is 7.21. The molecule has 13 nitrogen and oxygen atoms in total. The number of ether oxygens (including phenoxy) is 5. The van der Waals surface area contributed by atoms with Crippen LogP contribution in [-0.4, -0.2) is 84.8 Å². The average Bonchev–Trinajstić information content (AvgIpc) is 3.72. The molecule has 3 amide bonds. The number of rotatable bonds is 12. The van der Waals surface area contributed by atoms with E-state index in [4.69, 9.17) is 23.7 Å². The molecule has 1 N–H and O–H groups in total. The molecule has 0 radical (unpaired) electrons. The summed E-state index contributed by atoms with van der Waals surface area (Å²) in [5.74, 6) is 1.12. The third-order valence-electron chi connectivity index (χ3n) is 9.95. The van der Waals surface area contributed by atoms with Gasteiger partial charge < -0.3 is 38.6 Å². The monoisotopic (exact) mass is 736 g/mol. The standard InChI is InChI=1S/C41H44N4O9/c1-25-15-28-21-42-31-19-36(34(50-3)17-29(31)38(46)43(28)22-25)52-13-9-6-10-14-53-37-20-32-30(18-35(37)51-4)39(47)44-23-26(2)16-33(44)40(48)45(32)41(49)54-24-27-11-7-5-8-12-27/h5,7-8,11-12,17-23,28,33,40,48H,6,9-10,13-16,24H2,1-4H3/t28-,33-,40-/m0/s1. The van der Waals surface area contributed by atoms with E-state index in [2.05, 4.69) is 4.99 Å². The fraction of sp³-hybridized carbons (Fsp3) is 0.366. The van der Waals surface area contributed by atoms with Crippen molar-refractivity contribution in [2.24, 2.45) is 4.99 Å². The summed E-state index contributed by atoms with van der Waals surface area (Å²) in [5.41, 5.74) is 4.18. The summed E-state index contributed by atoms with van der Waals surface area (Å²) in [7, 11) is 3.02. The first-order chi connectivity index (χ1) is 26.2. The zero-order valence-corrected chi connectivity index (χ0v) is 30.8. The lowest BCUT2D eigenvalue weighted by atomic mass is 10.1. The molecular weight excluding hydrogens is 692 g/mol. The lowest BCUT2D eigenvalue weighted by Crippen LogP contribution is -2.50. The molecular formula is C41H44N4O9. The Bertz CT molecular complexity index is 2030. The zero-order chi connectivity index (χ0) is 37.9. The zero-order valence-electron chi connectivity index (χ0n) is 30.8. The highest BCUT2D eigenvalue weighted by Crippen LogP contribution is 2.42. The van der Waals surface area contributed by atoms with Gasteiger partial charge in [0.15, 0.2) is 29.2 Å². The van der Waals surface area contributed by atoms with E-state index in [1.807, 2.05) is 56.6 Å². The topological polar surface area (TPSA) is 140 Å². The molecule has 3 aromatic carbocycles. The number of aliphatic hydroxyl groups is 1. The number of aliphatic imine (C=N–C) groups is 1. The van der Waals surface area contributed by atoms with Crippen LogP contribution in [0.5, 0.6) is 23.0 Å². The number of hydrogen-bond acceptors (Lipinski definition) is 10. The highest BCUT2D eigenvalue weighted by molar-refractivity contribution is 6.06. The normalized spacial score (nSPS) is 19.9. The molecule has 54 heavy (non-hydrogen) atoms. The second-order valence-corrected chi connectivity index (χ2v) is 13.8. The van der Waals surface area contributed by atoms with Gasteiger partial charge in [-0.25, -0.2) is 9.69 Å². The molecule has 282 valence electrons. The largest absolute Gasteiger partial charge is 0.493 e. The summed E-state index contributed by atoms with van der Waals surface area (Å²) < 4.78 is 29.1. The van der Waals surface area contributed by atoms with Crippen LogP contribution in [0, 0.1) is 0 Å². The number of amides is 3. The molecule has 4 heterocycles. The smallest absolute Gasteiger partial charge is 0.416 e. The van der Waals surface area contributed by atoms with E-state index in [0.29, 0.717) is 66.7 Å². The van der Waals surface area contributed by atoms with Crippen molar-refractivity contribution < 1.29 is 43.2 Å². The van der Waals surface area contributed by atoms with Crippen LogP contribution in [0.3, 0.4) is 0 Å². The van der Waals surface area contributed by atoms with Crippen LogP contribution in [0.1, 0.15) is 72.2 Å². The summed E-state index contributed by atoms with van der Waals surface area (Å²) >= 11 is 0. The molecule has 0 saturated heterocycles. The van der Waals surface area contributed by atoms with Gasteiger partial charge in [-0.05, 0) is 63.6 Å². The minimum Gasteiger partial charge on any atom is -0.493 e. The number of carbonyl (C=O) groups is 3. The van der Waals surface area contributed by atoms with Crippen molar-refractivity contribution in [3.8, 4) is 23.0 Å². The first-order valence-corrected chi connectivity index (χ1v) is 18.1. The third kappa shape index (κ3) is 7.23. The van der Waals surface area contributed by atoms with Crippen LogP contribution >= 0.6 is 0 Å². The van der Waals surface area contributed by atoms with Gasteiger partial charge in [-0.2, -0.15) is 0 Å². The van der Waals surface area contributed by atoms with Crippen molar-refractivity contribution in [3.05, 3.63) is 94.8 Å². The summed E-state index contributed by atoms with van der Waals surface area (Å²) in [6.07, 6.45) is 6.52. The molecule has 0 bridgehead atoms. The van der Waals surface area contributed by atoms with E-state index in [1.54, 1.807) is 42.5 Å². The van der Waals surface area contributed by atoms with Gasteiger partial charge >= 0.3 is 6.09 Å². The van der Waals surface area contributed by atoms with E-state index in [0.717, 1.165) is 34.5 Å². The van der Waals surface area contributed by atoms with E-state index >= 15 is 0 Å². The van der Waals surface area contributed by atoms with Crippen molar-refractivity contribution in [2.75, 3.05) is 32.3 Å². The Kier molecular flexibility index (Phi) is 10.6. The molecule has 0 spiro atoms. The summed E-state index contributed by atoms with van der Waals surface area (Å²) in [4.78, 5) is 49.7. The predicted octanol–water partition coefficient (Wildman–Crippen LogP) is 6.76. The minimum atomic E-state index is -1.38. The molecule has 0 unspecified atom stereocenters. The Morgan fingerprint density at radius 2 is 1.43 bits per heavy atom. The van der Waals surface area contributed by atoms with Crippen LogP contribution in [-0.2, 0) is 11.3 Å². The number of aliphatic hydroxyl groups excluding tert-OH is 1. The minimum absolute atomic E-state index is 0.00929. The Morgan fingerprint density at radius 3 is 2.13 bits per heavy atom. The van der Waals surface area contributed by atoms with Gasteiger partial charge in [-0.15, -0.1) is 0 Å². The predicted molar refractivity (Wildman–Crippen MR) is 201 cm³/mol. The van der Waals surface area contributed by atoms with Crippen LogP contribution < -0.4 is 23.8 Å².